The van der Waals surface area contributed by atoms with E-state index < -0.39 is 5.97 Å². The Bertz CT molecular complexity index is 526. The predicted octanol–water partition coefficient (Wildman–Crippen LogP) is 1.42. The lowest BCUT2D eigenvalue weighted by atomic mass is 10.2. The normalized spacial score (nSPS) is 10.0. The topological polar surface area (TPSA) is 89.1 Å². The summed E-state index contributed by atoms with van der Waals surface area (Å²) in [5.41, 5.74) is 6.15. The van der Waals surface area contributed by atoms with Gasteiger partial charge in [-0.1, -0.05) is 30.3 Å². The number of nitrogen functional groups attached to an aromatic ring is 1. The largest absolute Gasteiger partial charge is 0.477 e. The second-order valence-electron chi connectivity index (χ2n) is 3.17. The molecule has 16 heavy (non-hydrogen) atoms. The van der Waals surface area contributed by atoms with Crippen LogP contribution in [0, 0.1) is 0 Å². The molecule has 0 amide bonds. The van der Waals surface area contributed by atoms with Crippen molar-refractivity contribution in [3.63, 3.8) is 0 Å². The minimum absolute atomic E-state index is 0.105. The Kier molecular flexibility index (Phi) is 2.51. The van der Waals surface area contributed by atoms with E-state index in [9.17, 15) is 4.79 Å². The number of carboxylic acid groups (broad SMARTS) is 1. The van der Waals surface area contributed by atoms with Crippen LogP contribution in [-0.2, 0) is 0 Å². The molecule has 0 spiro atoms. The molecule has 0 aliphatic rings. The maximum absolute atomic E-state index is 10.8. The number of nitrogens with two attached hydrogens (primary N) is 1. The molecule has 0 aliphatic heterocycles. The number of anilines is 1. The molecule has 80 valence electrons. The minimum atomic E-state index is -1.12. The molecule has 0 radical (unpaired) electrons. The molecule has 1 aromatic carbocycles. The molecular weight excluding hydrogens is 206 g/mol. The standard InChI is InChI=1S/C11H9N3O2/c12-9-6-8(11(15)16)13-10(14-9)7-4-2-1-3-5-7/h1-6H,(H,15,16)(H2,12,13,14). The van der Waals surface area contributed by atoms with Gasteiger partial charge in [0.25, 0.3) is 0 Å². The Morgan fingerprint density at radius 2 is 1.88 bits per heavy atom. The van der Waals surface area contributed by atoms with Crippen LogP contribution in [0.1, 0.15) is 10.5 Å². The first-order valence-corrected chi connectivity index (χ1v) is 4.60. The lowest BCUT2D eigenvalue weighted by Gasteiger charge is -2.02. The number of carbonyl (C=O) groups is 1. The van der Waals surface area contributed by atoms with Crippen LogP contribution < -0.4 is 5.73 Å². The fraction of sp³-hybridized carbons (Fsp3) is 0. The van der Waals surface area contributed by atoms with Gasteiger partial charge in [0.2, 0.25) is 0 Å². The number of aromatic nitrogens is 2. The highest BCUT2D eigenvalue weighted by molar-refractivity contribution is 5.86. The lowest BCUT2D eigenvalue weighted by Crippen LogP contribution is -2.05. The van der Waals surface area contributed by atoms with Crippen molar-refractivity contribution in [2.75, 3.05) is 5.73 Å². The van der Waals surface area contributed by atoms with Crippen molar-refractivity contribution < 1.29 is 9.90 Å². The summed E-state index contributed by atoms with van der Waals surface area (Å²) in [6.45, 7) is 0. The van der Waals surface area contributed by atoms with E-state index in [1.807, 2.05) is 18.2 Å². The fourth-order valence-corrected chi connectivity index (χ4v) is 1.29. The smallest absolute Gasteiger partial charge is 0.354 e. The van der Waals surface area contributed by atoms with Crippen molar-refractivity contribution in [2.24, 2.45) is 0 Å². The summed E-state index contributed by atoms with van der Waals surface area (Å²) in [5, 5.41) is 8.83. The van der Waals surface area contributed by atoms with Crippen LogP contribution in [0.4, 0.5) is 5.82 Å². The van der Waals surface area contributed by atoms with Gasteiger partial charge in [-0.05, 0) is 0 Å². The summed E-state index contributed by atoms with van der Waals surface area (Å²) in [4.78, 5) is 18.7. The van der Waals surface area contributed by atoms with E-state index >= 15 is 0 Å². The maximum atomic E-state index is 10.8. The van der Waals surface area contributed by atoms with Crippen LogP contribution in [-0.4, -0.2) is 21.0 Å². The van der Waals surface area contributed by atoms with Crippen LogP contribution in [0.2, 0.25) is 0 Å². The third kappa shape index (κ3) is 1.98. The number of rotatable bonds is 2. The molecule has 0 saturated carbocycles. The van der Waals surface area contributed by atoms with E-state index in [-0.39, 0.29) is 11.5 Å². The predicted molar refractivity (Wildman–Crippen MR) is 58.8 cm³/mol. The van der Waals surface area contributed by atoms with Gasteiger partial charge in [-0.3, -0.25) is 0 Å². The number of benzene rings is 1. The number of nitrogens with zero attached hydrogens (tertiary/aromatic N) is 2. The number of carboxylic acids is 1. The summed E-state index contributed by atoms with van der Waals surface area (Å²) in [6, 6.07) is 10.3. The maximum Gasteiger partial charge on any atom is 0.354 e. The van der Waals surface area contributed by atoms with Gasteiger partial charge in [-0.2, -0.15) is 0 Å². The van der Waals surface area contributed by atoms with Gasteiger partial charge in [0.1, 0.15) is 5.82 Å². The Balaban J connectivity index is 2.54. The first kappa shape index (κ1) is 10.1. The highest BCUT2D eigenvalue weighted by atomic mass is 16.4. The van der Waals surface area contributed by atoms with Gasteiger partial charge < -0.3 is 10.8 Å². The summed E-state index contributed by atoms with van der Waals surface area (Å²) in [5.74, 6) is -0.657. The van der Waals surface area contributed by atoms with Crippen LogP contribution >= 0.6 is 0 Å². The Morgan fingerprint density at radius 3 is 2.50 bits per heavy atom. The molecule has 2 aromatic rings. The molecule has 0 unspecified atom stereocenters. The van der Waals surface area contributed by atoms with Crippen LogP contribution in [0.5, 0.6) is 0 Å². The van der Waals surface area contributed by atoms with Crippen molar-refractivity contribution in [2.45, 2.75) is 0 Å². The molecule has 5 nitrogen and oxygen atoms in total. The molecule has 3 N–H and O–H groups in total. The minimum Gasteiger partial charge on any atom is -0.477 e. The van der Waals surface area contributed by atoms with Gasteiger partial charge in [-0.25, -0.2) is 14.8 Å². The van der Waals surface area contributed by atoms with Gasteiger partial charge in [0, 0.05) is 11.6 Å². The zero-order valence-electron chi connectivity index (χ0n) is 8.29. The zero-order chi connectivity index (χ0) is 11.5. The van der Waals surface area contributed by atoms with Crippen molar-refractivity contribution in [3.8, 4) is 11.4 Å². The highest BCUT2D eigenvalue weighted by Crippen LogP contribution is 2.16. The third-order valence-electron chi connectivity index (χ3n) is 2.00. The Hall–Kier alpha value is -2.43. The van der Waals surface area contributed by atoms with E-state index in [0.29, 0.717) is 5.82 Å². The molecule has 0 atom stereocenters. The average molecular weight is 215 g/mol. The Morgan fingerprint density at radius 1 is 1.19 bits per heavy atom. The van der Waals surface area contributed by atoms with E-state index in [0.717, 1.165) is 5.56 Å². The van der Waals surface area contributed by atoms with Gasteiger partial charge >= 0.3 is 5.97 Å². The number of hydrogen-bond donors (Lipinski definition) is 2. The highest BCUT2D eigenvalue weighted by Gasteiger charge is 2.09. The second-order valence-corrected chi connectivity index (χ2v) is 3.17. The summed E-state index contributed by atoms with van der Waals surface area (Å²) in [6.07, 6.45) is 0. The molecule has 0 aliphatic carbocycles. The third-order valence-corrected chi connectivity index (χ3v) is 2.00. The molecule has 1 aromatic heterocycles. The summed E-state index contributed by atoms with van der Waals surface area (Å²) < 4.78 is 0. The van der Waals surface area contributed by atoms with Crippen molar-refractivity contribution in [1.29, 1.82) is 0 Å². The molecule has 1 heterocycles. The van der Waals surface area contributed by atoms with Crippen molar-refractivity contribution >= 4 is 11.8 Å². The summed E-state index contributed by atoms with van der Waals surface area (Å²) >= 11 is 0. The Labute approximate surface area is 91.6 Å². The molecular formula is C11H9N3O2. The quantitative estimate of drug-likeness (QED) is 0.790. The van der Waals surface area contributed by atoms with Crippen LogP contribution in [0.15, 0.2) is 36.4 Å². The van der Waals surface area contributed by atoms with Crippen molar-refractivity contribution in [1.82, 2.24) is 9.97 Å². The molecule has 0 bridgehead atoms. The molecule has 0 fully saturated rings. The second kappa shape index (κ2) is 3.98. The molecule has 0 saturated heterocycles. The lowest BCUT2D eigenvalue weighted by molar-refractivity contribution is 0.0690. The zero-order valence-corrected chi connectivity index (χ0v) is 8.29. The monoisotopic (exact) mass is 215 g/mol. The van der Waals surface area contributed by atoms with Gasteiger partial charge in [0.15, 0.2) is 11.5 Å². The van der Waals surface area contributed by atoms with E-state index in [4.69, 9.17) is 10.8 Å². The van der Waals surface area contributed by atoms with Crippen LogP contribution in [0.3, 0.4) is 0 Å². The van der Waals surface area contributed by atoms with Gasteiger partial charge in [0.05, 0.1) is 0 Å². The fourth-order valence-electron chi connectivity index (χ4n) is 1.29. The first-order valence-electron chi connectivity index (χ1n) is 4.60. The molecule has 5 heteroatoms. The van der Waals surface area contributed by atoms with E-state index in [1.54, 1.807) is 12.1 Å². The average Bonchev–Trinajstić information content (AvgIpc) is 2.29. The van der Waals surface area contributed by atoms with E-state index in [1.165, 1.54) is 6.07 Å². The number of aromatic carboxylic acids is 1. The summed E-state index contributed by atoms with van der Waals surface area (Å²) in [7, 11) is 0. The van der Waals surface area contributed by atoms with Crippen LogP contribution in [0.25, 0.3) is 11.4 Å². The molecule has 2 rings (SSSR count). The number of hydrogen-bond acceptors (Lipinski definition) is 4. The first-order chi connectivity index (χ1) is 7.66. The van der Waals surface area contributed by atoms with Crippen molar-refractivity contribution in [3.05, 3.63) is 42.1 Å². The SMILES string of the molecule is Nc1cc(C(=O)O)nc(-c2ccccc2)n1. The van der Waals surface area contributed by atoms with Gasteiger partial charge in [-0.15, -0.1) is 0 Å². The van der Waals surface area contributed by atoms with E-state index in [2.05, 4.69) is 9.97 Å².